The summed E-state index contributed by atoms with van der Waals surface area (Å²) < 4.78 is 14.9. The highest BCUT2D eigenvalue weighted by Gasteiger charge is 2.34. The third-order valence-corrected chi connectivity index (χ3v) is 6.10. The largest absolute Gasteiger partial charge is 0.369 e. The molecular weight excluding hydrogens is 401 g/mol. The fourth-order valence-corrected chi connectivity index (χ4v) is 4.11. The number of halogens is 2. The van der Waals surface area contributed by atoms with Gasteiger partial charge in [-0.3, -0.25) is 4.79 Å². The van der Waals surface area contributed by atoms with Crippen molar-refractivity contribution in [1.82, 2.24) is 0 Å². The Morgan fingerprint density at radius 1 is 1.37 bits per heavy atom. The number of fused-ring (bicyclic) bond motifs is 1. The fourth-order valence-electron chi connectivity index (χ4n) is 3.94. The lowest BCUT2D eigenvalue weighted by atomic mass is 9.80. The van der Waals surface area contributed by atoms with Crippen LogP contribution < -0.4 is 10.2 Å². The second-order valence-electron chi connectivity index (χ2n) is 8.49. The number of nitriles is 1. The standard InChI is InChI=1S/C24H25ClFN3O/c1-14-6-7-18(25)10-21(14)28-23(30)17(13-27)8-16-9-19-15(2)12-24(3,4)29(5)22(19)11-20(16)26/h6-11,15H,12H2,1-5H3,(H,28,30)/b17-8+. The van der Waals surface area contributed by atoms with Crippen LogP contribution in [0.1, 0.15) is 49.8 Å². The van der Waals surface area contributed by atoms with Gasteiger partial charge in [-0.05, 0) is 74.6 Å². The monoisotopic (exact) mass is 425 g/mol. The lowest BCUT2D eigenvalue weighted by molar-refractivity contribution is -0.112. The van der Waals surface area contributed by atoms with E-state index in [2.05, 4.69) is 31.0 Å². The normalized spacial score (nSPS) is 17.9. The van der Waals surface area contributed by atoms with Gasteiger partial charge in [-0.2, -0.15) is 5.26 Å². The number of benzene rings is 2. The van der Waals surface area contributed by atoms with Crippen LogP contribution in [0, 0.1) is 24.1 Å². The SMILES string of the molecule is Cc1ccc(Cl)cc1NC(=O)/C(C#N)=C/c1cc2c(cc1F)N(C)C(C)(C)CC2C. The molecule has 0 radical (unpaired) electrons. The van der Waals surface area contributed by atoms with Crippen molar-refractivity contribution < 1.29 is 9.18 Å². The molecule has 1 N–H and O–H groups in total. The van der Waals surface area contributed by atoms with Crippen molar-refractivity contribution in [2.75, 3.05) is 17.3 Å². The first-order chi connectivity index (χ1) is 14.0. The van der Waals surface area contributed by atoms with Crippen molar-refractivity contribution in [3.05, 3.63) is 63.4 Å². The molecule has 1 unspecified atom stereocenters. The van der Waals surface area contributed by atoms with E-state index in [1.807, 2.05) is 20.0 Å². The molecule has 0 aromatic heterocycles. The van der Waals surface area contributed by atoms with E-state index in [1.54, 1.807) is 24.3 Å². The van der Waals surface area contributed by atoms with Gasteiger partial charge in [0.1, 0.15) is 17.5 Å². The third-order valence-electron chi connectivity index (χ3n) is 5.86. The van der Waals surface area contributed by atoms with Crippen LogP contribution in [0.25, 0.3) is 6.08 Å². The minimum absolute atomic E-state index is 0.0806. The van der Waals surface area contributed by atoms with E-state index in [9.17, 15) is 14.4 Å². The summed E-state index contributed by atoms with van der Waals surface area (Å²) in [4.78, 5) is 14.7. The molecule has 0 aliphatic carbocycles. The Balaban J connectivity index is 1.97. The zero-order chi connectivity index (χ0) is 22.2. The Morgan fingerprint density at radius 3 is 2.73 bits per heavy atom. The quantitative estimate of drug-likeness (QED) is 0.480. The molecule has 6 heteroatoms. The molecule has 0 saturated heterocycles. The first-order valence-electron chi connectivity index (χ1n) is 9.80. The molecule has 4 nitrogen and oxygen atoms in total. The van der Waals surface area contributed by atoms with E-state index in [1.165, 1.54) is 12.1 Å². The zero-order valence-electron chi connectivity index (χ0n) is 17.8. The van der Waals surface area contributed by atoms with E-state index in [-0.39, 0.29) is 22.6 Å². The number of carbonyl (C=O) groups excluding carboxylic acids is 1. The molecule has 156 valence electrons. The number of hydrogen-bond donors (Lipinski definition) is 1. The number of nitrogens with zero attached hydrogens (tertiary/aromatic N) is 2. The second kappa shape index (κ2) is 8.12. The summed E-state index contributed by atoms with van der Waals surface area (Å²) in [6, 6.07) is 10.2. The summed E-state index contributed by atoms with van der Waals surface area (Å²) in [6.45, 7) is 8.20. The van der Waals surface area contributed by atoms with Crippen LogP contribution in [-0.2, 0) is 4.79 Å². The molecule has 0 bridgehead atoms. The molecule has 1 heterocycles. The Kier molecular flexibility index (Phi) is 5.92. The maximum Gasteiger partial charge on any atom is 0.266 e. The third kappa shape index (κ3) is 4.20. The van der Waals surface area contributed by atoms with E-state index < -0.39 is 11.7 Å². The molecule has 2 aromatic rings. The minimum Gasteiger partial charge on any atom is -0.369 e. The van der Waals surface area contributed by atoms with Gasteiger partial charge in [0.05, 0.1) is 0 Å². The lowest BCUT2D eigenvalue weighted by Gasteiger charge is -2.45. The number of nitrogens with one attached hydrogen (secondary N) is 1. The van der Waals surface area contributed by atoms with Crippen LogP contribution in [0.3, 0.4) is 0 Å². The molecule has 30 heavy (non-hydrogen) atoms. The Hall–Kier alpha value is -2.84. The average molecular weight is 426 g/mol. The Bertz CT molecular complexity index is 1080. The molecule has 3 rings (SSSR count). The van der Waals surface area contributed by atoms with Crippen LogP contribution in [0.5, 0.6) is 0 Å². The molecule has 0 saturated carbocycles. The lowest BCUT2D eigenvalue weighted by Crippen LogP contribution is -2.45. The smallest absolute Gasteiger partial charge is 0.266 e. The first-order valence-corrected chi connectivity index (χ1v) is 10.2. The minimum atomic E-state index is -0.605. The van der Waals surface area contributed by atoms with Gasteiger partial charge >= 0.3 is 0 Å². The van der Waals surface area contributed by atoms with Crippen molar-refractivity contribution in [2.24, 2.45) is 0 Å². The zero-order valence-corrected chi connectivity index (χ0v) is 18.6. The summed E-state index contributed by atoms with van der Waals surface area (Å²) in [6.07, 6.45) is 2.22. The maximum atomic E-state index is 14.9. The van der Waals surface area contributed by atoms with Crippen molar-refractivity contribution in [3.63, 3.8) is 0 Å². The highest BCUT2D eigenvalue weighted by Crippen LogP contribution is 2.43. The topological polar surface area (TPSA) is 56.1 Å². The van der Waals surface area contributed by atoms with Crippen LogP contribution in [0.15, 0.2) is 35.9 Å². The van der Waals surface area contributed by atoms with E-state index in [4.69, 9.17) is 11.6 Å². The van der Waals surface area contributed by atoms with Gasteiger partial charge in [-0.25, -0.2) is 4.39 Å². The van der Waals surface area contributed by atoms with Crippen molar-refractivity contribution >= 4 is 35.0 Å². The molecule has 0 spiro atoms. The van der Waals surface area contributed by atoms with Crippen LogP contribution in [0.4, 0.5) is 15.8 Å². The molecular formula is C24H25ClFN3O. The van der Waals surface area contributed by atoms with Gasteiger partial charge in [0, 0.05) is 34.5 Å². The number of anilines is 2. The van der Waals surface area contributed by atoms with Gasteiger partial charge in [0.15, 0.2) is 0 Å². The molecule has 1 amide bonds. The number of hydrogen-bond acceptors (Lipinski definition) is 3. The fraction of sp³-hybridized carbons (Fsp3) is 0.333. The van der Waals surface area contributed by atoms with E-state index in [0.29, 0.717) is 10.7 Å². The molecule has 0 fully saturated rings. The summed E-state index contributed by atoms with van der Waals surface area (Å²) in [5.74, 6) is -0.844. The van der Waals surface area contributed by atoms with Crippen molar-refractivity contribution in [3.8, 4) is 6.07 Å². The van der Waals surface area contributed by atoms with Crippen LogP contribution >= 0.6 is 11.6 Å². The van der Waals surface area contributed by atoms with Crippen LogP contribution in [0.2, 0.25) is 5.02 Å². The van der Waals surface area contributed by atoms with E-state index in [0.717, 1.165) is 23.2 Å². The second-order valence-corrected chi connectivity index (χ2v) is 8.93. The predicted octanol–water partition coefficient (Wildman–Crippen LogP) is 6.06. The average Bonchev–Trinajstić information content (AvgIpc) is 2.67. The number of amides is 1. The van der Waals surface area contributed by atoms with Gasteiger partial charge in [0.2, 0.25) is 0 Å². The van der Waals surface area contributed by atoms with Crippen molar-refractivity contribution in [1.29, 1.82) is 5.26 Å². The van der Waals surface area contributed by atoms with Crippen LogP contribution in [-0.4, -0.2) is 18.5 Å². The Morgan fingerprint density at radius 2 is 2.07 bits per heavy atom. The molecule has 1 atom stereocenters. The highest BCUT2D eigenvalue weighted by atomic mass is 35.5. The summed E-state index contributed by atoms with van der Waals surface area (Å²) in [5, 5.41) is 12.7. The summed E-state index contributed by atoms with van der Waals surface area (Å²) >= 11 is 5.99. The number of rotatable bonds is 3. The van der Waals surface area contributed by atoms with Gasteiger partial charge < -0.3 is 10.2 Å². The highest BCUT2D eigenvalue weighted by molar-refractivity contribution is 6.31. The van der Waals surface area contributed by atoms with Gasteiger partial charge in [-0.15, -0.1) is 0 Å². The molecule has 2 aromatic carbocycles. The van der Waals surface area contributed by atoms with Crippen molar-refractivity contribution in [2.45, 2.75) is 45.6 Å². The molecule has 1 aliphatic heterocycles. The number of aryl methyl sites for hydroxylation is 1. The molecule has 1 aliphatic rings. The van der Waals surface area contributed by atoms with Gasteiger partial charge in [0.25, 0.3) is 5.91 Å². The van der Waals surface area contributed by atoms with Gasteiger partial charge in [-0.1, -0.05) is 24.6 Å². The summed E-state index contributed by atoms with van der Waals surface area (Å²) in [5.41, 5.74) is 3.14. The number of carbonyl (C=O) groups is 1. The van der Waals surface area contributed by atoms with E-state index >= 15 is 0 Å². The summed E-state index contributed by atoms with van der Waals surface area (Å²) in [7, 11) is 1.96. The predicted molar refractivity (Wildman–Crippen MR) is 120 cm³/mol. The first kappa shape index (κ1) is 21.9. The maximum absolute atomic E-state index is 14.9. The Labute approximate surface area is 182 Å².